The number of halogens is 1. The lowest BCUT2D eigenvalue weighted by atomic mass is 10.0. The van der Waals surface area contributed by atoms with Crippen LogP contribution in [0.5, 0.6) is 5.88 Å². The van der Waals surface area contributed by atoms with Crippen LogP contribution < -0.4 is 9.64 Å². The Bertz CT molecular complexity index is 1260. The van der Waals surface area contributed by atoms with E-state index in [1.165, 1.54) is 17.0 Å². The number of anilines is 1. The molecule has 1 aromatic heterocycles. The lowest BCUT2D eigenvalue weighted by Crippen LogP contribution is -2.46. The highest BCUT2D eigenvalue weighted by Crippen LogP contribution is 2.36. The number of likely N-dealkylation sites (tertiary alicyclic amines) is 1. The van der Waals surface area contributed by atoms with E-state index in [9.17, 15) is 14.0 Å². The SMILES string of the molecule is C[C@H]1COc2nc(C(=O)N3CCCCC3)c(Cc3ccc(F)cc3)cc2N1C(=O)OCc1ccccc1. The summed E-state index contributed by atoms with van der Waals surface area (Å²) in [5, 5.41) is 0. The molecule has 3 heterocycles. The molecule has 1 fully saturated rings. The predicted octanol–water partition coefficient (Wildman–Crippen LogP) is 5.36. The van der Waals surface area contributed by atoms with Gasteiger partial charge in [0.05, 0.1) is 6.04 Å². The number of rotatable bonds is 5. The molecule has 0 unspecified atom stereocenters. The first-order valence-electron chi connectivity index (χ1n) is 12.7. The van der Waals surface area contributed by atoms with E-state index in [-0.39, 0.29) is 36.9 Å². The average molecular weight is 504 g/mol. The average Bonchev–Trinajstić information content (AvgIpc) is 2.93. The van der Waals surface area contributed by atoms with Gasteiger partial charge in [0.15, 0.2) is 0 Å². The van der Waals surface area contributed by atoms with E-state index in [4.69, 9.17) is 9.47 Å². The highest BCUT2D eigenvalue weighted by atomic mass is 19.1. The van der Waals surface area contributed by atoms with E-state index < -0.39 is 6.09 Å². The standard InChI is InChI=1S/C29H30FN3O4/c1-20-18-36-27-25(33(20)29(35)37-19-22-8-4-2-5-9-22)17-23(16-21-10-12-24(30)13-11-21)26(31-27)28(34)32-14-6-3-7-15-32/h2,4-5,8-13,17,20H,3,6-7,14-16,18-19H2,1H3/t20-/m0/s1. The van der Waals surface area contributed by atoms with Crippen molar-refractivity contribution in [3.63, 3.8) is 0 Å². The zero-order valence-corrected chi connectivity index (χ0v) is 20.9. The number of fused-ring (bicyclic) bond motifs is 1. The Labute approximate surface area is 215 Å². The Morgan fingerprint density at radius 1 is 1.03 bits per heavy atom. The van der Waals surface area contributed by atoms with Crippen molar-refractivity contribution in [3.8, 4) is 5.88 Å². The van der Waals surface area contributed by atoms with Gasteiger partial charge < -0.3 is 14.4 Å². The molecule has 0 aliphatic carbocycles. The number of carbonyl (C=O) groups is 2. The zero-order chi connectivity index (χ0) is 25.8. The zero-order valence-electron chi connectivity index (χ0n) is 20.9. The molecular weight excluding hydrogens is 473 g/mol. The number of benzene rings is 2. The first kappa shape index (κ1) is 24.7. The van der Waals surface area contributed by atoms with Crippen LogP contribution in [0.1, 0.15) is 53.4 Å². The third-order valence-corrected chi connectivity index (χ3v) is 6.76. The molecule has 2 aliphatic heterocycles. The van der Waals surface area contributed by atoms with Gasteiger partial charge in [0.1, 0.15) is 30.4 Å². The van der Waals surface area contributed by atoms with Crippen LogP contribution in [0.2, 0.25) is 0 Å². The molecule has 8 heteroatoms. The van der Waals surface area contributed by atoms with Crippen molar-refractivity contribution in [1.29, 1.82) is 0 Å². The van der Waals surface area contributed by atoms with Gasteiger partial charge >= 0.3 is 6.09 Å². The van der Waals surface area contributed by atoms with E-state index in [1.54, 1.807) is 18.2 Å². The van der Waals surface area contributed by atoms with Gasteiger partial charge in [-0.15, -0.1) is 0 Å². The number of hydrogen-bond donors (Lipinski definition) is 0. The van der Waals surface area contributed by atoms with E-state index in [1.807, 2.05) is 42.2 Å². The number of nitrogens with zero attached hydrogens (tertiary/aromatic N) is 3. The van der Waals surface area contributed by atoms with Crippen molar-refractivity contribution in [1.82, 2.24) is 9.88 Å². The molecule has 0 spiro atoms. The molecule has 2 amide bonds. The van der Waals surface area contributed by atoms with Crippen LogP contribution in [0.4, 0.5) is 14.9 Å². The molecule has 192 valence electrons. The molecule has 2 aliphatic rings. The summed E-state index contributed by atoms with van der Waals surface area (Å²) in [6.45, 7) is 3.61. The Kier molecular flexibility index (Phi) is 7.35. The molecule has 5 rings (SSSR count). The molecule has 3 aromatic rings. The maximum absolute atomic E-state index is 13.5. The van der Waals surface area contributed by atoms with E-state index in [0.29, 0.717) is 36.5 Å². The molecule has 37 heavy (non-hydrogen) atoms. The Balaban J connectivity index is 1.49. The first-order chi connectivity index (χ1) is 18.0. The van der Waals surface area contributed by atoms with Gasteiger partial charge in [-0.25, -0.2) is 14.2 Å². The molecular formula is C29H30FN3O4. The summed E-state index contributed by atoms with van der Waals surface area (Å²) >= 11 is 0. The van der Waals surface area contributed by atoms with Crippen molar-refractivity contribution in [2.24, 2.45) is 0 Å². The largest absolute Gasteiger partial charge is 0.474 e. The summed E-state index contributed by atoms with van der Waals surface area (Å²) in [5.41, 5.74) is 3.13. The van der Waals surface area contributed by atoms with Gasteiger partial charge in [-0.2, -0.15) is 0 Å². The second kappa shape index (κ2) is 11.0. The van der Waals surface area contributed by atoms with Gasteiger partial charge in [-0.05, 0) is 67.5 Å². The number of pyridine rings is 1. The van der Waals surface area contributed by atoms with Crippen LogP contribution in [0.3, 0.4) is 0 Å². The van der Waals surface area contributed by atoms with Crippen molar-refractivity contribution in [2.75, 3.05) is 24.6 Å². The minimum absolute atomic E-state index is 0.139. The van der Waals surface area contributed by atoms with Crippen molar-refractivity contribution in [3.05, 3.63) is 88.9 Å². The summed E-state index contributed by atoms with van der Waals surface area (Å²) in [6, 6.07) is 17.1. The van der Waals surface area contributed by atoms with Gasteiger partial charge in [-0.1, -0.05) is 42.5 Å². The maximum atomic E-state index is 13.5. The van der Waals surface area contributed by atoms with Crippen molar-refractivity contribution < 1.29 is 23.5 Å². The lowest BCUT2D eigenvalue weighted by Gasteiger charge is -2.34. The fourth-order valence-electron chi connectivity index (χ4n) is 4.77. The lowest BCUT2D eigenvalue weighted by molar-refractivity contribution is 0.0716. The summed E-state index contributed by atoms with van der Waals surface area (Å²) in [6.07, 6.45) is 2.87. The molecule has 1 atom stereocenters. The number of carbonyl (C=O) groups excluding carboxylic acids is 2. The number of piperidine rings is 1. The van der Waals surface area contributed by atoms with E-state index in [2.05, 4.69) is 4.98 Å². The first-order valence-corrected chi connectivity index (χ1v) is 12.7. The molecule has 1 saturated heterocycles. The highest BCUT2D eigenvalue weighted by molar-refractivity contribution is 5.96. The number of ether oxygens (including phenoxy) is 2. The number of amides is 2. The third-order valence-electron chi connectivity index (χ3n) is 6.76. The second-order valence-electron chi connectivity index (χ2n) is 9.55. The highest BCUT2D eigenvalue weighted by Gasteiger charge is 2.34. The topological polar surface area (TPSA) is 72.0 Å². The number of aromatic nitrogens is 1. The Morgan fingerprint density at radius 3 is 2.49 bits per heavy atom. The summed E-state index contributed by atoms with van der Waals surface area (Å²) in [7, 11) is 0. The van der Waals surface area contributed by atoms with Crippen LogP contribution in [0, 0.1) is 5.82 Å². The van der Waals surface area contributed by atoms with Gasteiger partial charge in [0.25, 0.3) is 5.91 Å². The van der Waals surface area contributed by atoms with Gasteiger partial charge in [0, 0.05) is 13.1 Å². The van der Waals surface area contributed by atoms with Crippen LogP contribution in [0.25, 0.3) is 0 Å². The normalized spacial score (nSPS) is 17.1. The smallest absolute Gasteiger partial charge is 0.415 e. The van der Waals surface area contributed by atoms with Crippen LogP contribution in [-0.4, -0.2) is 47.6 Å². The van der Waals surface area contributed by atoms with Gasteiger partial charge in [-0.3, -0.25) is 9.69 Å². The summed E-state index contributed by atoms with van der Waals surface area (Å²) in [5.74, 6) is -0.246. The van der Waals surface area contributed by atoms with Crippen LogP contribution in [-0.2, 0) is 17.8 Å². The molecule has 2 aromatic carbocycles. The predicted molar refractivity (Wildman–Crippen MR) is 137 cm³/mol. The molecule has 0 N–H and O–H groups in total. The third kappa shape index (κ3) is 5.58. The van der Waals surface area contributed by atoms with E-state index >= 15 is 0 Å². The minimum atomic E-state index is -0.509. The van der Waals surface area contributed by atoms with E-state index in [0.717, 1.165) is 30.4 Å². The number of hydrogen-bond acceptors (Lipinski definition) is 5. The van der Waals surface area contributed by atoms with Gasteiger partial charge in [0.2, 0.25) is 5.88 Å². The van der Waals surface area contributed by atoms with Crippen molar-refractivity contribution in [2.45, 2.75) is 45.3 Å². The summed E-state index contributed by atoms with van der Waals surface area (Å²) in [4.78, 5) is 34.8. The monoisotopic (exact) mass is 503 g/mol. The molecule has 7 nitrogen and oxygen atoms in total. The van der Waals surface area contributed by atoms with Crippen LogP contribution >= 0.6 is 0 Å². The quantitative estimate of drug-likeness (QED) is 0.469. The van der Waals surface area contributed by atoms with Crippen LogP contribution in [0.15, 0.2) is 60.7 Å². The minimum Gasteiger partial charge on any atom is -0.474 e. The molecule has 0 saturated carbocycles. The van der Waals surface area contributed by atoms with Crippen molar-refractivity contribution >= 4 is 17.7 Å². The summed E-state index contributed by atoms with van der Waals surface area (Å²) < 4.78 is 25.1. The fourth-order valence-corrected chi connectivity index (χ4v) is 4.77. The molecule has 0 radical (unpaired) electrons. The Hall–Kier alpha value is -3.94. The Morgan fingerprint density at radius 2 is 1.76 bits per heavy atom. The fraction of sp³-hybridized carbons (Fsp3) is 0.345. The maximum Gasteiger partial charge on any atom is 0.415 e. The second-order valence-corrected chi connectivity index (χ2v) is 9.55. The molecule has 0 bridgehead atoms.